The molecule has 0 saturated heterocycles. The number of unbranched alkanes of at least 4 members (excludes halogenated alkanes) is 3. The lowest BCUT2D eigenvalue weighted by atomic mass is 10.1. The van der Waals surface area contributed by atoms with E-state index in [4.69, 9.17) is 10.7 Å². The Balaban J connectivity index is 2.24. The number of hydrogen-bond donors (Lipinski definition) is 0. The molecule has 0 unspecified atom stereocenters. The van der Waals surface area contributed by atoms with E-state index in [1.54, 1.807) is 12.1 Å². The van der Waals surface area contributed by atoms with Gasteiger partial charge >= 0.3 is 5.97 Å². The lowest BCUT2D eigenvalue weighted by Gasteiger charge is -2.03. The summed E-state index contributed by atoms with van der Waals surface area (Å²) in [6, 6.07) is 6.61. The molecule has 112 valence electrons. The van der Waals surface area contributed by atoms with Gasteiger partial charge in [-0.15, -0.1) is 0 Å². The first-order valence-corrected chi connectivity index (χ1v) is 8.85. The van der Waals surface area contributed by atoms with Crippen LogP contribution in [-0.4, -0.2) is 21.5 Å². The predicted octanol–water partition coefficient (Wildman–Crippen LogP) is 3.28. The van der Waals surface area contributed by atoms with E-state index in [0.29, 0.717) is 6.42 Å². The lowest BCUT2D eigenvalue weighted by Crippen LogP contribution is -1.99. The van der Waals surface area contributed by atoms with Crippen molar-refractivity contribution in [2.75, 3.05) is 7.11 Å². The third kappa shape index (κ3) is 6.39. The Morgan fingerprint density at radius 1 is 1.10 bits per heavy atom. The van der Waals surface area contributed by atoms with Crippen LogP contribution in [0, 0.1) is 0 Å². The van der Waals surface area contributed by atoms with Crippen LogP contribution in [0.2, 0.25) is 0 Å². The number of carbonyl (C=O) groups excluding carboxylic acids is 1. The van der Waals surface area contributed by atoms with Crippen molar-refractivity contribution in [1.29, 1.82) is 0 Å². The molecule has 6 heteroatoms. The van der Waals surface area contributed by atoms with Crippen LogP contribution < -0.4 is 0 Å². The topological polar surface area (TPSA) is 60.4 Å². The number of methoxy groups -OCH3 is 1. The van der Waals surface area contributed by atoms with Crippen LogP contribution in [0.5, 0.6) is 0 Å². The van der Waals surface area contributed by atoms with Crippen LogP contribution in [0.4, 0.5) is 0 Å². The molecule has 0 spiro atoms. The van der Waals surface area contributed by atoms with Crippen LogP contribution in [0.3, 0.4) is 0 Å². The number of carbonyl (C=O) groups is 1. The van der Waals surface area contributed by atoms with Crippen molar-refractivity contribution in [1.82, 2.24) is 0 Å². The highest BCUT2D eigenvalue weighted by Gasteiger charge is 2.08. The van der Waals surface area contributed by atoms with E-state index in [9.17, 15) is 13.2 Å². The summed E-state index contributed by atoms with van der Waals surface area (Å²) in [6.07, 6.45) is 5.24. The fourth-order valence-electron chi connectivity index (χ4n) is 1.87. The third-order valence-electron chi connectivity index (χ3n) is 3.03. The Morgan fingerprint density at radius 3 is 2.25 bits per heavy atom. The van der Waals surface area contributed by atoms with Gasteiger partial charge in [0.1, 0.15) is 0 Å². The molecule has 20 heavy (non-hydrogen) atoms. The van der Waals surface area contributed by atoms with Crippen molar-refractivity contribution in [3.8, 4) is 0 Å². The first kappa shape index (κ1) is 17.0. The van der Waals surface area contributed by atoms with Gasteiger partial charge in [0.25, 0.3) is 9.05 Å². The molecule has 1 aromatic rings. The summed E-state index contributed by atoms with van der Waals surface area (Å²) in [5, 5.41) is 0. The van der Waals surface area contributed by atoms with Gasteiger partial charge in [-0.25, -0.2) is 8.42 Å². The minimum Gasteiger partial charge on any atom is -0.469 e. The van der Waals surface area contributed by atoms with Crippen LogP contribution in [0.1, 0.15) is 37.7 Å². The highest BCUT2D eigenvalue weighted by Crippen LogP contribution is 2.16. The van der Waals surface area contributed by atoms with E-state index < -0.39 is 9.05 Å². The molecule has 0 N–H and O–H groups in total. The smallest absolute Gasteiger partial charge is 0.305 e. The van der Waals surface area contributed by atoms with E-state index in [1.807, 2.05) is 0 Å². The summed E-state index contributed by atoms with van der Waals surface area (Å²) >= 11 is 0. The average molecular weight is 319 g/mol. The van der Waals surface area contributed by atoms with Gasteiger partial charge < -0.3 is 4.74 Å². The number of hydrogen-bond acceptors (Lipinski definition) is 4. The molecular formula is C14H19ClO4S. The minimum atomic E-state index is -3.63. The van der Waals surface area contributed by atoms with Crippen molar-refractivity contribution >= 4 is 25.7 Å². The average Bonchev–Trinajstić information content (AvgIpc) is 2.41. The van der Waals surface area contributed by atoms with Gasteiger partial charge in [-0.05, 0) is 37.0 Å². The molecule has 0 aliphatic heterocycles. The van der Waals surface area contributed by atoms with E-state index in [-0.39, 0.29) is 10.9 Å². The lowest BCUT2D eigenvalue weighted by molar-refractivity contribution is -0.140. The number of esters is 1. The standard InChI is InChI=1S/C14H19ClO4S/c1-19-14(16)7-5-3-2-4-6-12-8-10-13(11-9-12)20(15,17)18/h8-11H,2-7H2,1H3. The molecule has 0 atom stereocenters. The molecule has 4 nitrogen and oxygen atoms in total. The first-order chi connectivity index (χ1) is 9.43. The number of ether oxygens (including phenoxy) is 1. The van der Waals surface area contributed by atoms with E-state index in [2.05, 4.69) is 4.74 Å². The minimum absolute atomic E-state index is 0.126. The Hall–Kier alpha value is -1.07. The van der Waals surface area contributed by atoms with E-state index in [1.165, 1.54) is 19.2 Å². The summed E-state index contributed by atoms with van der Waals surface area (Å²) in [7, 11) is 3.01. The van der Waals surface area contributed by atoms with Crippen molar-refractivity contribution in [2.45, 2.75) is 43.4 Å². The number of benzene rings is 1. The molecule has 0 aromatic heterocycles. The fourth-order valence-corrected chi connectivity index (χ4v) is 2.64. The zero-order valence-electron chi connectivity index (χ0n) is 11.5. The van der Waals surface area contributed by atoms with Crippen molar-refractivity contribution in [3.05, 3.63) is 29.8 Å². The van der Waals surface area contributed by atoms with Gasteiger partial charge in [-0.1, -0.05) is 25.0 Å². The van der Waals surface area contributed by atoms with Crippen molar-refractivity contribution < 1.29 is 17.9 Å². The number of halogens is 1. The van der Waals surface area contributed by atoms with Gasteiger partial charge in [0.2, 0.25) is 0 Å². The highest BCUT2D eigenvalue weighted by molar-refractivity contribution is 8.13. The number of rotatable bonds is 8. The maximum atomic E-state index is 11.1. The largest absolute Gasteiger partial charge is 0.469 e. The second kappa shape index (κ2) is 8.27. The van der Waals surface area contributed by atoms with E-state index >= 15 is 0 Å². The summed E-state index contributed by atoms with van der Waals surface area (Å²) in [6.45, 7) is 0. The molecule has 0 bridgehead atoms. The van der Waals surface area contributed by atoms with Gasteiger partial charge in [-0.3, -0.25) is 4.79 Å². The van der Waals surface area contributed by atoms with Crippen LogP contribution in [0.15, 0.2) is 29.2 Å². The maximum absolute atomic E-state index is 11.1. The highest BCUT2D eigenvalue weighted by atomic mass is 35.7. The molecule has 0 radical (unpaired) electrons. The maximum Gasteiger partial charge on any atom is 0.305 e. The Labute approximate surface area is 124 Å². The summed E-state index contributed by atoms with van der Waals surface area (Å²) in [5.74, 6) is -0.164. The second-order valence-corrected chi connectivity index (χ2v) is 7.14. The van der Waals surface area contributed by atoms with Crippen LogP contribution in [0.25, 0.3) is 0 Å². The third-order valence-corrected chi connectivity index (χ3v) is 4.40. The second-order valence-electron chi connectivity index (χ2n) is 4.57. The molecular weight excluding hydrogens is 300 g/mol. The molecule has 0 saturated carbocycles. The van der Waals surface area contributed by atoms with Gasteiger partial charge in [0, 0.05) is 17.1 Å². The zero-order chi connectivity index (χ0) is 15.0. The summed E-state index contributed by atoms with van der Waals surface area (Å²) in [5.41, 5.74) is 1.09. The Morgan fingerprint density at radius 2 is 1.70 bits per heavy atom. The predicted molar refractivity (Wildman–Crippen MR) is 78.3 cm³/mol. The summed E-state index contributed by atoms with van der Waals surface area (Å²) < 4.78 is 26.7. The van der Waals surface area contributed by atoms with Gasteiger partial charge in [0.05, 0.1) is 12.0 Å². The molecule has 1 aromatic carbocycles. The molecule has 0 heterocycles. The Kier molecular flexibility index (Phi) is 7.02. The van der Waals surface area contributed by atoms with Crippen molar-refractivity contribution in [2.24, 2.45) is 0 Å². The number of aryl methyl sites for hydroxylation is 1. The van der Waals surface area contributed by atoms with Crippen LogP contribution >= 0.6 is 10.7 Å². The first-order valence-electron chi connectivity index (χ1n) is 6.54. The van der Waals surface area contributed by atoms with Crippen LogP contribution in [-0.2, 0) is 25.0 Å². The normalized spacial score (nSPS) is 11.3. The van der Waals surface area contributed by atoms with Crippen molar-refractivity contribution in [3.63, 3.8) is 0 Å². The van der Waals surface area contributed by atoms with Gasteiger partial charge in [0.15, 0.2) is 0 Å². The monoisotopic (exact) mass is 318 g/mol. The Bertz CT molecular complexity index is 523. The quantitative estimate of drug-likeness (QED) is 0.419. The van der Waals surface area contributed by atoms with Gasteiger partial charge in [-0.2, -0.15) is 0 Å². The molecule has 1 rings (SSSR count). The fraction of sp³-hybridized carbons (Fsp3) is 0.500. The van der Waals surface area contributed by atoms with E-state index in [0.717, 1.165) is 37.7 Å². The molecule has 0 aliphatic rings. The summed E-state index contributed by atoms with van der Waals surface area (Å²) in [4.78, 5) is 11.0. The molecule has 0 aliphatic carbocycles. The molecule has 0 amide bonds. The molecule has 0 fully saturated rings. The SMILES string of the molecule is COC(=O)CCCCCCc1ccc(S(=O)(=O)Cl)cc1. The zero-order valence-corrected chi connectivity index (χ0v) is 13.0.